The van der Waals surface area contributed by atoms with Crippen LogP contribution >= 0.6 is 15.9 Å². The Morgan fingerprint density at radius 1 is 1.33 bits per heavy atom. The van der Waals surface area contributed by atoms with Gasteiger partial charge in [0.25, 0.3) is 5.56 Å². The van der Waals surface area contributed by atoms with Gasteiger partial charge in [-0.2, -0.15) is 0 Å². The summed E-state index contributed by atoms with van der Waals surface area (Å²) in [7, 11) is 0. The van der Waals surface area contributed by atoms with E-state index in [1.165, 1.54) is 0 Å². The molecule has 1 rings (SSSR count). The maximum absolute atomic E-state index is 10.9. The molecule has 0 amide bonds. The third-order valence-corrected chi connectivity index (χ3v) is 2.16. The fourth-order valence-electron chi connectivity index (χ4n) is 0.802. The van der Waals surface area contributed by atoms with Gasteiger partial charge in [-0.1, -0.05) is 0 Å². The molecule has 0 fully saturated rings. The van der Waals surface area contributed by atoms with Gasteiger partial charge in [0.2, 0.25) is 0 Å². The van der Waals surface area contributed by atoms with Crippen LogP contribution in [-0.4, -0.2) is 21.7 Å². The van der Waals surface area contributed by atoms with Crippen LogP contribution in [0.2, 0.25) is 0 Å². The van der Waals surface area contributed by atoms with Gasteiger partial charge in [0.15, 0.2) is 0 Å². The molecule has 0 saturated carbocycles. The fourth-order valence-corrected chi connectivity index (χ4v) is 1.20. The van der Waals surface area contributed by atoms with Crippen molar-refractivity contribution in [1.82, 2.24) is 9.97 Å². The van der Waals surface area contributed by atoms with Crippen molar-refractivity contribution >= 4 is 15.9 Å². The van der Waals surface area contributed by atoms with Crippen LogP contribution in [0.5, 0.6) is 0 Å². The lowest BCUT2D eigenvalue weighted by atomic mass is 10.3. The molecule has 1 aromatic rings. The van der Waals surface area contributed by atoms with E-state index in [1.54, 1.807) is 0 Å². The minimum atomic E-state index is -0.563. The predicted octanol–water partition coefficient (Wildman–Crippen LogP) is -0.640. The molecule has 0 aliphatic heterocycles. The summed E-state index contributed by atoms with van der Waals surface area (Å²) in [6, 6.07) is 0. The van der Waals surface area contributed by atoms with E-state index in [0.717, 1.165) is 0 Å². The number of aliphatic hydroxyl groups is 1. The molecule has 1 heterocycles. The molecule has 5 nitrogen and oxygen atoms in total. The van der Waals surface area contributed by atoms with Crippen molar-refractivity contribution < 1.29 is 5.11 Å². The second kappa shape index (κ2) is 3.68. The predicted molar refractivity (Wildman–Crippen MR) is 46.2 cm³/mol. The molecular formula is C6H7BrN2O3. The van der Waals surface area contributed by atoms with Crippen molar-refractivity contribution in [2.75, 3.05) is 6.61 Å². The Kier molecular flexibility index (Phi) is 2.83. The number of halogens is 1. The third kappa shape index (κ3) is 1.83. The van der Waals surface area contributed by atoms with Crippen molar-refractivity contribution in [2.24, 2.45) is 0 Å². The highest BCUT2D eigenvalue weighted by Gasteiger charge is 2.04. The van der Waals surface area contributed by atoms with Crippen molar-refractivity contribution in [3.05, 3.63) is 31.0 Å². The summed E-state index contributed by atoms with van der Waals surface area (Å²) in [6.45, 7) is -0.113. The highest BCUT2D eigenvalue weighted by atomic mass is 79.9. The van der Waals surface area contributed by atoms with E-state index in [-0.39, 0.29) is 17.5 Å². The van der Waals surface area contributed by atoms with Crippen LogP contribution in [-0.2, 0) is 6.42 Å². The average molecular weight is 235 g/mol. The number of rotatable bonds is 2. The van der Waals surface area contributed by atoms with E-state index in [2.05, 4.69) is 20.9 Å². The number of aliphatic hydroxyl groups excluding tert-OH is 1. The summed E-state index contributed by atoms with van der Waals surface area (Å²) in [5.74, 6) is 0. The minimum absolute atomic E-state index is 0.113. The number of hydrogen-bond acceptors (Lipinski definition) is 3. The first kappa shape index (κ1) is 9.21. The summed E-state index contributed by atoms with van der Waals surface area (Å²) in [4.78, 5) is 26.1. The molecule has 0 radical (unpaired) electrons. The Morgan fingerprint density at radius 3 is 2.58 bits per heavy atom. The summed E-state index contributed by atoms with van der Waals surface area (Å²) < 4.78 is 0.260. The number of H-pyrrole nitrogens is 2. The van der Waals surface area contributed by atoms with Crippen LogP contribution in [0.3, 0.4) is 0 Å². The maximum atomic E-state index is 10.9. The van der Waals surface area contributed by atoms with Crippen molar-refractivity contribution in [3.63, 3.8) is 0 Å². The normalized spacial score (nSPS) is 10.2. The molecule has 0 atom stereocenters. The van der Waals surface area contributed by atoms with Crippen LogP contribution in [0.25, 0.3) is 0 Å². The van der Waals surface area contributed by atoms with Crippen LogP contribution in [0.15, 0.2) is 14.1 Å². The van der Waals surface area contributed by atoms with Crippen molar-refractivity contribution in [3.8, 4) is 0 Å². The highest BCUT2D eigenvalue weighted by Crippen LogP contribution is 2.05. The maximum Gasteiger partial charge on any atom is 0.325 e. The van der Waals surface area contributed by atoms with Gasteiger partial charge in [-0.05, 0) is 15.9 Å². The smallest absolute Gasteiger partial charge is 0.325 e. The van der Waals surface area contributed by atoms with Gasteiger partial charge in [0, 0.05) is 18.7 Å². The second-order valence-corrected chi connectivity index (χ2v) is 2.97. The van der Waals surface area contributed by atoms with Crippen LogP contribution in [0.4, 0.5) is 0 Å². The topological polar surface area (TPSA) is 85.9 Å². The van der Waals surface area contributed by atoms with E-state index in [0.29, 0.717) is 5.69 Å². The largest absolute Gasteiger partial charge is 0.396 e. The molecule has 0 aliphatic carbocycles. The minimum Gasteiger partial charge on any atom is -0.396 e. The van der Waals surface area contributed by atoms with Crippen LogP contribution < -0.4 is 11.2 Å². The van der Waals surface area contributed by atoms with Crippen molar-refractivity contribution in [1.29, 1.82) is 0 Å². The molecule has 0 saturated heterocycles. The van der Waals surface area contributed by atoms with Gasteiger partial charge in [0.1, 0.15) is 4.47 Å². The van der Waals surface area contributed by atoms with Crippen LogP contribution in [0, 0.1) is 0 Å². The molecule has 0 spiro atoms. The fraction of sp³-hybridized carbons (Fsp3) is 0.333. The third-order valence-electron chi connectivity index (χ3n) is 1.32. The van der Waals surface area contributed by atoms with Gasteiger partial charge < -0.3 is 10.1 Å². The lowest BCUT2D eigenvalue weighted by Crippen LogP contribution is -2.25. The lowest BCUT2D eigenvalue weighted by molar-refractivity contribution is 0.297. The van der Waals surface area contributed by atoms with E-state index >= 15 is 0 Å². The molecule has 0 aromatic carbocycles. The summed E-state index contributed by atoms with van der Waals surface area (Å²) >= 11 is 2.99. The number of hydrogen-bond donors (Lipinski definition) is 3. The first-order valence-electron chi connectivity index (χ1n) is 3.27. The Labute approximate surface area is 75.6 Å². The molecule has 66 valence electrons. The first-order valence-corrected chi connectivity index (χ1v) is 4.06. The number of nitrogens with one attached hydrogen (secondary N) is 2. The molecule has 3 N–H and O–H groups in total. The molecular weight excluding hydrogens is 228 g/mol. The van der Waals surface area contributed by atoms with E-state index in [9.17, 15) is 9.59 Å². The monoisotopic (exact) mass is 234 g/mol. The zero-order valence-electron chi connectivity index (χ0n) is 6.06. The molecule has 0 unspecified atom stereocenters. The highest BCUT2D eigenvalue weighted by molar-refractivity contribution is 9.10. The Bertz CT molecular complexity index is 381. The molecule has 0 bridgehead atoms. The van der Waals surface area contributed by atoms with Gasteiger partial charge in [0.05, 0.1) is 0 Å². The zero-order valence-corrected chi connectivity index (χ0v) is 7.64. The van der Waals surface area contributed by atoms with E-state index < -0.39 is 11.2 Å². The van der Waals surface area contributed by atoms with Gasteiger partial charge in [-0.3, -0.25) is 9.78 Å². The Hall–Kier alpha value is -0.880. The molecule has 12 heavy (non-hydrogen) atoms. The van der Waals surface area contributed by atoms with E-state index in [1.807, 2.05) is 4.98 Å². The standard InChI is InChI=1S/C6H7BrN2O3/c7-4-3(1-2-10)8-6(12)9-5(4)11/h10H,1-2H2,(H2,8,9,11,12). The van der Waals surface area contributed by atoms with Gasteiger partial charge in [-0.15, -0.1) is 0 Å². The SMILES string of the molecule is O=c1[nH]c(CCO)c(Br)c(=O)[nH]1. The Balaban J connectivity index is 3.28. The summed E-state index contributed by atoms with van der Waals surface area (Å²) in [6.07, 6.45) is 0.250. The second-order valence-electron chi connectivity index (χ2n) is 2.17. The summed E-state index contributed by atoms with van der Waals surface area (Å²) in [5, 5.41) is 8.57. The molecule has 0 aliphatic rings. The summed E-state index contributed by atoms with van der Waals surface area (Å²) in [5.41, 5.74) is -0.639. The number of aromatic amines is 2. The lowest BCUT2D eigenvalue weighted by Gasteiger charge is -1.98. The number of aromatic nitrogens is 2. The van der Waals surface area contributed by atoms with E-state index in [4.69, 9.17) is 5.11 Å². The van der Waals surface area contributed by atoms with Crippen LogP contribution in [0.1, 0.15) is 5.69 Å². The molecule has 6 heteroatoms. The molecule has 1 aromatic heterocycles. The van der Waals surface area contributed by atoms with Crippen molar-refractivity contribution in [2.45, 2.75) is 6.42 Å². The quantitative estimate of drug-likeness (QED) is 0.637. The zero-order chi connectivity index (χ0) is 9.14. The van der Waals surface area contributed by atoms with Gasteiger partial charge >= 0.3 is 5.69 Å². The Morgan fingerprint density at radius 2 is 2.00 bits per heavy atom. The van der Waals surface area contributed by atoms with Gasteiger partial charge in [-0.25, -0.2) is 4.79 Å². The average Bonchev–Trinajstić information content (AvgIpc) is 2.00. The first-order chi connectivity index (χ1) is 5.65.